The fourth-order valence-corrected chi connectivity index (χ4v) is 10.5. The van der Waals surface area contributed by atoms with Crippen molar-refractivity contribution in [1.29, 1.82) is 0 Å². The average Bonchev–Trinajstić information content (AvgIpc) is 3.42. The van der Waals surface area contributed by atoms with E-state index in [2.05, 4.69) is 37.5 Å². The number of aliphatic hydroxyl groups is 2. The molecular formula is C42H73N3O5. The lowest BCUT2D eigenvalue weighted by Gasteiger charge is -2.55. The Balaban J connectivity index is 1.35. The molecule has 0 radical (unpaired) electrons. The number of carbonyl (C=O) groups is 2. The second kappa shape index (κ2) is 21.1. The van der Waals surface area contributed by atoms with Crippen LogP contribution in [0.2, 0.25) is 0 Å². The summed E-state index contributed by atoms with van der Waals surface area (Å²) in [6.45, 7) is 11.4. The van der Waals surface area contributed by atoms with Gasteiger partial charge in [0.25, 0.3) is 0 Å². The van der Waals surface area contributed by atoms with Crippen LogP contribution in [0.3, 0.4) is 0 Å². The van der Waals surface area contributed by atoms with Crippen molar-refractivity contribution in [3.05, 3.63) is 22.8 Å². The minimum absolute atomic E-state index is 0.0277. The van der Waals surface area contributed by atoms with Crippen LogP contribution >= 0.6 is 0 Å². The molecule has 4 fully saturated rings. The predicted octanol–water partition coefficient (Wildman–Crippen LogP) is 6.98. The van der Waals surface area contributed by atoms with Gasteiger partial charge < -0.3 is 31.3 Å². The third kappa shape index (κ3) is 11.4. The number of allylic oxidation sites excluding steroid dienone is 2. The molecule has 0 aromatic carbocycles. The van der Waals surface area contributed by atoms with E-state index in [0.717, 1.165) is 101 Å². The molecule has 0 spiro atoms. The number of hydrogen-bond acceptors (Lipinski definition) is 7. The Hall–Kier alpha value is -1.74. The summed E-state index contributed by atoms with van der Waals surface area (Å²) in [6, 6.07) is 0. The van der Waals surface area contributed by atoms with Crippen molar-refractivity contribution in [3.8, 4) is 0 Å². The molecule has 0 bridgehead atoms. The number of ether oxygens (including phenoxy) is 1. The third-order valence-corrected chi connectivity index (χ3v) is 12.9. The molecule has 0 saturated heterocycles. The molecule has 8 heteroatoms. The second-order valence-corrected chi connectivity index (χ2v) is 16.6. The Labute approximate surface area is 304 Å². The van der Waals surface area contributed by atoms with Crippen molar-refractivity contribution in [2.45, 2.75) is 162 Å². The molecule has 0 heterocycles. The maximum atomic E-state index is 14.0. The molecule has 4 rings (SSSR count). The van der Waals surface area contributed by atoms with Gasteiger partial charge in [-0.1, -0.05) is 57.1 Å². The molecule has 0 aromatic heterocycles. The van der Waals surface area contributed by atoms with E-state index in [0.29, 0.717) is 43.1 Å². The summed E-state index contributed by atoms with van der Waals surface area (Å²) in [5.41, 5.74) is 8.55. The number of rotatable bonds is 20. The van der Waals surface area contributed by atoms with E-state index in [4.69, 9.17) is 10.5 Å². The number of carbonyl (C=O) groups excluding carboxylic acids is 2. The number of fused-ring (bicyclic) bond motifs is 5. The van der Waals surface area contributed by atoms with Gasteiger partial charge in [-0.25, -0.2) is 0 Å². The highest BCUT2D eigenvalue weighted by Crippen LogP contribution is 2.60. The normalized spacial score (nSPS) is 32.8. The van der Waals surface area contributed by atoms with E-state index in [1.54, 1.807) is 0 Å². The second-order valence-electron chi connectivity index (χ2n) is 16.6. The zero-order valence-corrected chi connectivity index (χ0v) is 32.1. The van der Waals surface area contributed by atoms with Crippen LogP contribution in [0, 0.1) is 41.4 Å². The SMILES string of the molecule is CC(=O)OC1CC2C(C[C@@H](O)C3C2CCC2C3CC[C@@H](O)[C@H]2C)/C1=C(\CCC=C(C)C)C(=O)NCCCCCCNCCCCCCCCN. The molecule has 4 aliphatic rings. The molecule has 4 aliphatic carbocycles. The molecule has 1 amide bonds. The van der Waals surface area contributed by atoms with Gasteiger partial charge in [0.2, 0.25) is 5.91 Å². The monoisotopic (exact) mass is 700 g/mol. The fourth-order valence-electron chi connectivity index (χ4n) is 10.5. The van der Waals surface area contributed by atoms with Crippen LogP contribution in [0.25, 0.3) is 0 Å². The van der Waals surface area contributed by atoms with Crippen LogP contribution < -0.4 is 16.4 Å². The molecule has 50 heavy (non-hydrogen) atoms. The van der Waals surface area contributed by atoms with Crippen molar-refractivity contribution in [3.63, 3.8) is 0 Å². The minimum atomic E-state index is -0.439. The summed E-state index contributed by atoms with van der Waals surface area (Å²) >= 11 is 0. The quantitative estimate of drug-likeness (QED) is 0.0401. The zero-order chi connectivity index (χ0) is 36.0. The van der Waals surface area contributed by atoms with Crippen LogP contribution in [0.15, 0.2) is 22.8 Å². The van der Waals surface area contributed by atoms with E-state index in [1.165, 1.54) is 44.6 Å². The van der Waals surface area contributed by atoms with Crippen LogP contribution in [-0.2, 0) is 14.3 Å². The lowest BCUT2D eigenvalue weighted by Crippen LogP contribution is -2.53. The van der Waals surface area contributed by atoms with Gasteiger partial charge in [0.15, 0.2) is 0 Å². The summed E-state index contributed by atoms with van der Waals surface area (Å²) in [6.07, 6.45) is 19.6. The van der Waals surface area contributed by atoms with Crippen molar-refractivity contribution >= 4 is 11.9 Å². The van der Waals surface area contributed by atoms with Crippen molar-refractivity contribution in [1.82, 2.24) is 10.6 Å². The lowest BCUT2D eigenvalue weighted by molar-refractivity contribution is -0.145. The minimum Gasteiger partial charge on any atom is -0.458 e. The highest BCUT2D eigenvalue weighted by Gasteiger charge is 2.57. The molecule has 10 atom stereocenters. The van der Waals surface area contributed by atoms with E-state index in [9.17, 15) is 19.8 Å². The van der Waals surface area contributed by atoms with Gasteiger partial charge in [-0.3, -0.25) is 9.59 Å². The van der Waals surface area contributed by atoms with Crippen LogP contribution in [-0.4, -0.2) is 66.6 Å². The molecule has 0 aliphatic heterocycles. The van der Waals surface area contributed by atoms with Crippen molar-refractivity contribution in [2.75, 3.05) is 26.2 Å². The number of unbranched alkanes of at least 4 members (excludes halogenated alkanes) is 8. The molecule has 7 unspecified atom stereocenters. The van der Waals surface area contributed by atoms with E-state index >= 15 is 0 Å². The number of nitrogens with one attached hydrogen (secondary N) is 2. The predicted molar refractivity (Wildman–Crippen MR) is 202 cm³/mol. The maximum Gasteiger partial charge on any atom is 0.303 e. The van der Waals surface area contributed by atoms with Gasteiger partial charge in [-0.2, -0.15) is 0 Å². The van der Waals surface area contributed by atoms with E-state index < -0.39 is 12.2 Å². The van der Waals surface area contributed by atoms with Crippen molar-refractivity contribution < 1.29 is 24.5 Å². The van der Waals surface area contributed by atoms with Gasteiger partial charge in [-0.05, 0) is 158 Å². The fraction of sp³-hybridized carbons (Fsp3) is 0.857. The Morgan fingerprint density at radius 2 is 1.38 bits per heavy atom. The Morgan fingerprint density at radius 1 is 0.780 bits per heavy atom. The molecule has 0 aromatic rings. The van der Waals surface area contributed by atoms with Gasteiger partial charge in [0.1, 0.15) is 6.10 Å². The molecule has 4 saturated carbocycles. The third-order valence-electron chi connectivity index (χ3n) is 12.9. The summed E-state index contributed by atoms with van der Waals surface area (Å²) in [4.78, 5) is 26.5. The smallest absolute Gasteiger partial charge is 0.303 e. The summed E-state index contributed by atoms with van der Waals surface area (Å²) in [5, 5.41) is 29.3. The molecule has 286 valence electrons. The first-order valence-corrected chi connectivity index (χ1v) is 20.7. The first-order valence-electron chi connectivity index (χ1n) is 20.7. The van der Waals surface area contributed by atoms with E-state index in [-0.39, 0.29) is 35.7 Å². The van der Waals surface area contributed by atoms with Gasteiger partial charge in [0, 0.05) is 19.0 Å². The largest absolute Gasteiger partial charge is 0.458 e. The standard InChI is InChI=1S/C42H73N3O5/c1-28(2)16-15-17-34(42(49)45-25-14-10-9-13-24-44-23-12-8-6-5-7-11-22-43)41-36-26-38(48)40-32-20-21-37(47)29(3)31(32)18-19-33(40)35(36)27-39(41)50-30(4)46/h16,29,31-33,35-40,44,47-48H,5-15,17-27,43H2,1-4H3,(H,45,49)/b41-34-/t29-,31?,32?,33?,35?,36?,37+,38+,39?,40?/m0/s1. The van der Waals surface area contributed by atoms with Gasteiger partial charge >= 0.3 is 5.97 Å². The van der Waals surface area contributed by atoms with Crippen LogP contribution in [0.1, 0.15) is 143 Å². The number of amides is 1. The number of aliphatic hydroxyl groups excluding tert-OH is 2. The van der Waals surface area contributed by atoms with Gasteiger partial charge in [0.05, 0.1) is 12.2 Å². The summed E-state index contributed by atoms with van der Waals surface area (Å²) in [7, 11) is 0. The Kier molecular flexibility index (Phi) is 17.3. The first kappa shape index (κ1) is 41.0. The molecule has 6 N–H and O–H groups in total. The highest BCUT2D eigenvalue weighted by atomic mass is 16.5. The lowest BCUT2D eigenvalue weighted by atomic mass is 9.51. The van der Waals surface area contributed by atoms with E-state index in [1.807, 2.05) is 0 Å². The number of esters is 1. The number of nitrogens with two attached hydrogens (primary N) is 1. The zero-order valence-electron chi connectivity index (χ0n) is 32.1. The molecule has 8 nitrogen and oxygen atoms in total. The summed E-state index contributed by atoms with van der Waals surface area (Å²) < 4.78 is 6.04. The Bertz CT molecular complexity index is 1120. The van der Waals surface area contributed by atoms with Crippen LogP contribution in [0.5, 0.6) is 0 Å². The van der Waals surface area contributed by atoms with Crippen molar-refractivity contribution in [2.24, 2.45) is 47.2 Å². The molecular weight excluding hydrogens is 626 g/mol. The van der Waals surface area contributed by atoms with Gasteiger partial charge in [-0.15, -0.1) is 0 Å². The number of hydrogen-bond donors (Lipinski definition) is 5. The Morgan fingerprint density at radius 3 is 2.04 bits per heavy atom. The highest BCUT2D eigenvalue weighted by molar-refractivity contribution is 5.94. The average molecular weight is 700 g/mol. The maximum absolute atomic E-state index is 14.0. The first-order chi connectivity index (χ1) is 24.1. The van der Waals surface area contributed by atoms with Crippen LogP contribution in [0.4, 0.5) is 0 Å². The topological polar surface area (TPSA) is 134 Å². The summed E-state index contributed by atoms with van der Waals surface area (Å²) in [5.74, 6) is 1.75.